The Balaban J connectivity index is 1.69. The number of likely N-dealkylation sites (tertiary alicyclic amines) is 1. The van der Waals surface area contributed by atoms with E-state index in [4.69, 9.17) is 34.8 Å². The molecule has 0 aromatic heterocycles. The van der Waals surface area contributed by atoms with E-state index in [1.807, 2.05) is 18.2 Å². The Morgan fingerprint density at radius 1 is 1.12 bits per heavy atom. The number of carbonyl (C=O) groups is 1. The molecular formula is C18H17Cl3N2O. The maximum atomic E-state index is 12.4. The molecule has 2 aromatic rings. The molecule has 0 spiro atoms. The quantitative estimate of drug-likeness (QED) is 0.764. The van der Waals surface area contributed by atoms with Gasteiger partial charge in [-0.2, -0.15) is 0 Å². The molecule has 126 valence electrons. The summed E-state index contributed by atoms with van der Waals surface area (Å²) in [5, 5.41) is 3.91. The number of nitrogens with one attached hydrogen (secondary N) is 1. The molecule has 0 aliphatic carbocycles. The Morgan fingerprint density at radius 3 is 2.46 bits per heavy atom. The van der Waals surface area contributed by atoms with Crippen LogP contribution < -0.4 is 5.32 Å². The SMILES string of the molecule is O=C(CN1CCCC1c1ccccc1)Nc1c(Cl)cc(Cl)cc1Cl. The number of amides is 1. The summed E-state index contributed by atoms with van der Waals surface area (Å²) in [5.74, 6) is -0.135. The zero-order chi connectivity index (χ0) is 17.1. The first-order chi connectivity index (χ1) is 11.5. The molecule has 0 saturated carbocycles. The van der Waals surface area contributed by atoms with E-state index in [1.165, 1.54) is 5.56 Å². The summed E-state index contributed by atoms with van der Waals surface area (Å²) in [5.41, 5.74) is 1.65. The van der Waals surface area contributed by atoms with E-state index in [1.54, 1.807) is 12.1 Å². The summed E-state index contributed by atoms with van der Waals surface area (Å²) in [4.78, 5) is 14.6. The van der Waals surface area contributed by atoms with E-state index < -0.39 is 0 Å². The molecule has 1 N–H and O–H groups in total. The molecule has 1 atom stereocenters. The fraction of sp³-hybridized carbons (Fsp3) is 0.278. The molecule has 1 amide bonds. The number of halogens is 3. The van der Waals surface area contributed by atoms with Crippen LogP contribution in [0.2, 0.25) is 15.1 Å². The molecule has 0 bridgehead atoms. The summed E-state index contributed by atoms with van der Waals surface area (Å²) in [6.45, 7) is 1.20. The lowest BCUT2D eigenvalue weighted by molar-refractivity contribution is -0.117. The summed E-state index contributed by atoms with van der Waals surface area (Å²) >= 11 is 18.1. The molecule has 2 aromatic carbocycles. The number of hydrogen-bond acceptors (Lipinski definition) is 2. The number of carbonyl (C=O) groups excluding carboxylic acids is 1. The topological polar surface area (TPSA) is 32.3 Å². The van der Waals surface area contributed by atoms with Crippen LogP contribution in [0.4, 0.5) is 5.69 Å². The van der Waals surface area contributed by atoms with Gasteiger partial charge >= 0.3 is 0 Å². The highest BCUT2D eigenvalue weighted by Crippen LogP contribution is 2.34. The van der Waals surface area contributed by atoms with Gasteiger partial charge in [0.25, 0.3) is 0 Å². The number of benzene rings is 2. The number of hydrogen-bond donors (Lipinski definition) is 1. The highest BCUT2D eigenvalue weighted by molar-refractivity contribution is 6.42. The van der Waals surface area contributed by atoms with Gasteiger partial charge in [-0.05, 0) is 37.1 Å². The molecule has 3 rings (SSSR count). The first-order valence-corrected chi connectivity index (χ1v) is 8.91. The standard InChI is InChI=1S/C18H17Cl3N2O/c19-13-9-14(20)18(15(21)10-13)22-17(24)11-23-8-4-7-16(23)12-5-2-1-3-6-12/h1-3,5-6,9-10,16H,4,7-8,11H2,(H,22,24). The third-order valence-corrected chi connectivity index (χ3v) is 4.98. The van der Waals surface area contributed by atoms with Crippen LogP contribution in [-0.2, 0) is 4.79 Å². The van der Waals surface area contributed by atoms with E-state index in [0.29, 0.717) is 27.3 Å². The van der Waals surface area contributed by atoms with Crippen molar-refractivity contribution in [3.8, 4) is 0 Å². The first-order valence-electron chi connectivity index (χ1n) is 7.78. The van der Waals surface area contributed by atoms with Crippen molar-refractivity contribution in [2.75, 3.05) is 18.4 Å². The summed E-state index contributed by atoms with van der Waals surface area (Å²) < 4.78 is 0. The Labute approximate surface area is 156 Å². The van der Waals surface area contributed by atoms with Gasteiger partial charge in [-0.25, -0.2) is 0 Å². The van der Waals surface area contributed by atoms with Crippen LogP contribution in [0.15, 0.2) is 42.5 Å². The van der Waals surface area contributed by atoms with Crippen molar-refractivity contribution in [3.05, 3.63) is 63.1 Å². The minimum absolute atomic E-state index is 0.135. The van der Waals surface area contributed by atoms with Crippen molar-refractivity contribution in [3.63, 3.8) is 0 Å². The van der Waals surface area contributed by atoms with E-state index in [0.717, 1.165) is 19.4 Å². The maximum absolute atomic E-state index is 12.4. The molecular weight excluding hydrogens is 367 g/mol. The van der Waals surface area contributed by atoms with Crippen LogP contribution in [0.1, 0.15) is 24.4 Å². The molecule has 1 unspecified atom stereocenters. The lowest BCUT2D eigenvalue weighted by atomic mass is 10.0. The van der Waals surface area contributed by atoms with Gasteiger partial charge in [0, 0.05) is 11.1 Å². The van der Waals surface area contributed by atoms with Crippen LogP contribution in [0, 0.1) is 0 Å². The van der Waals surface area contributed by atoms with Crippen molar-refractivity contribution in [2.24, 2.45) is 0 Å². The number of rotatable bonds is 4. The van der Waals surface area contributed by atoms with Gasteiger partial charge in [-0.3, -0.25) is 9.69 Å². The van der Waals surface area contributed by atoms with Crippen LogP contribution >= 0.6 is 34.8 Å². The van der Waals surface area contributed by atoms with Gasteiger partial charge in [0.2, 0.25) is 5.91 Å². The van der Waals surface area contributed by atoms with Crippen LogP contribution in [0.5, 0.6) is 0 Å². The Morgan fingerprint density at radius 2 is 1.79 bits per heavy atom. The molecule has 1 heterocycles. The second-order valence-corrected chi connectivity index (χ2v) is 7.08. The Bertz CT molecular complexity index is 713. The molecule has 6 heteroatoms. The predicted octanol–water partition coefficient (Wildman–Crippen LogP) is 5.42. The van der Waals surface area contributed by atoms with Gasteiger partial charge in [0.1, 0.15) is 0 Å². The minimum Gasteiger partial charge on any atom is -0.322 e. The van der Waals surface area contributed by atoms with E-state index >= 15 is 0 Å². The van der Waals surface area contributed by atoms with Crippen molar-refractivity contribution in [1.82, 2.24) is 4.90 Å². The average molecular weight is 384 g/mol. The third kappa shape index (κ3) is 4.04. The third-order valence-electron chi connectivity index (χ3n) is 4.17. The fourth-order valence-electron chi connectivity index (χ4n) is 3.09. The zero-order valence-corrected chi connectivity index (χ0v) is 15.2. The fourth-order valence-corrected chi connectivity index (χ4v) is 4.00. The zero-order valence-electron chi connectivity index (χ0n) is 12.9. The first kappa shape index (κ1) is 17.6. The number of nitrogens with zero attached hydrogens (tertiary/aromatic N) is 1. The van der Waals surface area contributed by atoms with Gasteiger partial charge in [0.15, 0.2) is 0 Å². The van der Waals surface area contributed by atoms with Crippen molar-refractivity contribution < 1.29 is 4.79 Å². The smallest absolute Gasteiger partial charge is 0.238 e. The van der Waals surface area contributed by atoms with Gasteiger partial charge in [-0.15, -0.1) is 0 Å². The van der Waals surface area contributed by atoms with E-state index in [2.05, 4.69) is 22.3 Å². The van der Waals surface area contributed by atoms with Gasteiger partial charge in [-0.1, -0.05) is 65.1 Å². The van der Waals surface area contributed by atoms with E-state index in [-0.39, 0.29) is 11.9 Å². The van der Waals surface area contributed by atoms with Gasteiger partial charge in [0.05, 0.1) is 22.3 Å². The highest BCUT2D eigenvalue weighted by atomic mass is 35.5. The molecule has 1 aliphatic heterocycles. The number of anilines is 1. The highest BCUT2D eigenvalue weighted by Gasteiger charge is 2.27. The van der Waals surface area contributed by atoms with Crippen molar-refractivity contribution in [2.45, 2.75) is 18.9 Å². The maximum Gasteiger partial charge on any atom is 0.238 e. The monoisotopic (exact) mass is 382 g/mol. The normalized spacial score (nSPS) is 17.9. The second kappa shape index (κ2) is 7.75. The van der Waals surface area contributed by atoms with Crippen molar-refractivity contribution in [1.29, 1.82) is 0 Å². The minimum atomic E-state index is -0.135. The lowest BCUT2D eigenvalue weighted by Crippen LogP contribution is -2.33. The summed E-state index contributed by atoms with van der Waals surface area (Å²) in [6.07, 6.45) is 2.13. The lowest BCUT2D eigenvalue weighted by Gasteiger charge is -2.24. The van der Waals surface area contributed by atoms with Crippen LogP contribution in [0.3, 0.4) is 0 Å². The molecule has 1 saturated heterocycles. The van der Waals surface area contributed by atoms with Crippen LogP contribution in [-0.4, -0.2) is 23.9 Å². The molecule has 3 nitrogen and oxygen atoms in total. The average Bonchev–Trinajstić information content (AvgIpc) is 3.00. The predicted molar refractivity (Wildman–Crippen MR) is 100 cm³/mol. The summed E-state index contributed by atoms with van der Waals surface area (Å²) in [6, 6.07) is 13.7. The largest absolute Gasteiger partial charge is 0.322 e. The summed E-state index contributed by atoms with van der Waals surface area (Å²) in [7, 11) is 0. The van der Waals surface area contributed by atoms with Crippen molar-refractivity contribution >= 4 is 46.4 Å². The Kier molecular flexibility index (Phi) is 5.67. The second-order valence-electron chi connectivity index (χ2n) is 5.83. The Hall–Kier alpha value is -1.26. The van der Waals surface area contributed by atoms with Gasteiger partial charge < -0.3 is 5.32 Å². The van der Waals surface area contributed by atoms with Crippen LogP contribution in [0.25, 0.3) is 0 Å². The molecule has 1 fully saturated rings. The molecule has 0 radical (unpaired) electrons. The molecule has 24 heavy (non-hydrogen) atoms. The molecule has 1 aliphatic rings. The van der Waals surface area contributed by atoms with E-state index in [9.17, 15) is 4.79 Å².